The number of carboxylic acid groups (broad SMARTS) is 2. The Bertz CT molecular complexity index is 307. The second-order valence-corrected chi connectivity index (χ2v) is 5.04. The number of hydrogen-bond donors (Lipinski definition) is 2. The number of carboxylic acids is 2. The highest BCUT2D eigenvalue weighted by atomic mass is 16.4. The molecule has 4 nitrogen and oxygen atoms in total. The molecule has 0 aromatic heterocycles. The van der Waals surface area contributed by atoms with Crippen molar-refractivity contribution in [1.29, 1.82) is 0 Å². The lowest BCUT2D eigenvalue weighted by molar-refractivity contribution is -0.135. The summed E-state index contributed by atoms with van der Waals surface area (Å²) >= 11 is 0. The maximum absolute atomic E-state index is 10.9. The molecule has 1 aliphatic carbocycles. The van der Waals surface area contributed by atoms with Crippen LogP contribution in [0.25, 0.3) is 0 Å². The summed E-state index contributed by atoms with van der Waals surface area (Å²) in [5, 5.41) is 17.8. The van der Waals surface area contributed by atoms with Gasteiger partial charge < -0.3 is 10.2 Å². The Morgan fingerprint density at radius 3 is 1.60 bits per heavy atom. The fourth-order valence-electron chi connectivity index (χ4n) is 1.86. The molecular weight excluding hydrogens is 196 g/mol. The molecule has 0 spiro atoms. The first-order valence-electron chi connectivity index (χ1n) is 4.92. The highest BCUT2D eigenvalue weighted by molar-refractivity contribution is 5.99. The Hall–Kier alpha value is -1.32. The zero-order chi connectivity index (χ0) is 11.8. The van der Waals surface area contributed by atoms with Crippen LogP contribution in [0, 0.1) is 11.3 Å². The zero-order valence-electron chi connectivity index (χ0n) is 9.20. The van der Waals surface area contributed by atoms with Gasteiger partial charge in [-0.3, -0.25) is 0 Å². The summed E-state index contributed by atoms with van der Waals surface area (Å²) in [4.78, 5) is 21.7. The Morgan fingerprint density at radius 2 is 1.40 bits per heavy atom. The van der Waals surface area contributed by atoms with Crippen LogP contribution in [0.15, 0.2) is 11.1 Å². The van der Waals surface area contributed by atoms with Gasteiger partial charge in [0.25, 0.3) is 0 Å². The van der Waals surface area contributed by atoms with Crippen LogP contribution in [-0.4, -0.2) is 22.2 Å². The van der Waals surface area contributed by atoms with E-state index in [2.05, 4.69) is 0 Å². The maximum atomic E-state index is 10.9. The van der Waals surface area contributed by atoms with Crippen molar-refractivity contribution in [2.75, 3.05) is 0 Å². The van der Waals surface area contributed by atoms with Crippen molar-refractivity contribution in [3.63, 3.8) is 0 Å². The molecule has 4 heteroatoms. The molecule has 0 radical (unpaired) electrons. The summed E-state index contributed by atoms with van der Waals surface area (Å²) < 4.78 is 0. The van der Waals surface area contributed by atoms with Gasteiger partial charge in [0, 0.05) is 11.1 Å². The molecule has 0 amide bonds. The third kappa shape index (κ3) is 2.37. The molecule has 0 saturated heterocycles. The van der Waals surface area contributed by atoms with Gasteiger partial charge in [-0.2, -0.15) is 0 Å². The molecule has 0 saturated carbocycles. The third-order valence-electron chi connectivity index (χ3n) is 3.01. The van der Waals surface area contributed by atoms with E-state index < -0.39 is 11.9 Å². The Balaban J connectivity index is 2.96. The number of aliphatic carboxylic acids is 2. The summed E-state index contributed by atoms with van der Waals surface area (Å²) in [5.74, 6) is -2.09. The average molecular weight is 212 g/mol. The molecule has 84 valence electrons. The molecule has 2 N–H and O–H groups in total. The van der Waals surface area contributed by atoms with Gasteiger partial charge in [-0.05, 0) is 24.2 Å². The van der Waals surface area contributed by atoms with Gasteiger partial charge in [0.1, 0.15) is 0 Å². The molecule has 0 aromatic carbocycles. The van der Waals surface area contributed by atoms with E-state index in [1.165, 1.54) is 0 Å². The average Bonchev–Trinajstić information content (AvgIpc) is 2.45. The molecule has 15 heavy (non-hydrogen) atoms. The SMILES string of the molecule is CC(C)(C)C1CC(C(=O)O)=C(C(=O)O)C1. The summed E-state index contributed by atoms with van der Waals surface area (Å²) in [6.45, 7) is 6.01. The van der Waals surface area contributed by atoms with Crippen LogP contribution >= 0.6 is 0 Å². The number of rotatable bonds is 2. The zero-order valence-corrected chi connectivity index (χ0v) is 9.20. The first-order chi connectivity index (χ1) is 6.73. The molecule has 0 bridgehead atoms. The first-order valence-corrected chi connectivity index (χ1v) is 4.92. The van der Waals surface area contributed by atoms with Gasteiger partial charge in [0.15, 0.2) is 0 Å². The maximum Gasteiger partial charge on any atom is 0.332 e. The first kappa shape index (κ1) is 11.8. The molecule has 0 fully saturated rings. The van der Waals surface area contributed by atoms with Gasteiger partial charge in [-0.15, -0.1) is 0 Å². The predicted molar refractivity (Wildman–Crippen MR) is 54.5 cm³/mol. The third-order valence-corrected chi connectivity index (χ3v) is 3.01. The van der Waals surface area contributed by atoms with Crippen LogP contribution in [-0.2, 0) is 9.59 Å². The van der Waals surface area contributed by atoms with E-state index in [0.717, 1.165) is 0 Å². The topological polar surface area (TPSA) is 74.6 Å². The molecule has 0 aliphatic heterocycles. The molecule has 0 unspecified atom stereocenters. The fourth-order valence-corrected chi connectivity index (χ4v) is 1.86. The minimum atomic E-state index is -1.10. The number of hydrogen-bond acceptors (Lipinski definition) is 2. The van der Waals surface area contributed by atoms with Gasteiger partial charge in [-0.25, -0.2) is 9.59 Å². The lowest BCUT2D eigenvalue weighted by Crippen LogP contribution is -2.18. The van der Waals surface area contributed by atoms with Gasteiger partial charge in [0.2, 0.25) is 0 Å². The van der Waals surface area contributed by atoms with Crippen molar-refractivity contribution in [2.24, 2.45) is 11.3 Å². The van der Waals surface area contributed by atoms with E-state index in [4.69, 9.17) is 10.2 Å². The molecule has 1 aliphatic rings. The van der Waals surface area contributed by atoms with Crippen LogP contribution in [0.5, 0.6) is 0 Å². The van der Waals surface area contributed by atoms with Crippen LogP contribution in [0.3, 0.4) is 0 Å². The van der Waals surface area contributed by atoms with Crippen molar-refractivity contribution >= 4 is 11.9 Å². The van der Waals surface area contributed by atoms with Crippen LogP contribution in [0.1, 0.15) is 33.6 Å². The molecular formula is C11H16O4. The van der Waals surface area contributed by atoms with Crippen molar-refractivity contribution in [1.82, 2.24) is 0 Å². The van der Waals surface area contributed by atoms with E-state index in [1.807, 2.05) is 20.8 Å². The normalized spacial score (nSPS) is 18.3. The smallest absolute Gasteiger partial charge is 0.332 e. The minimum absolute atomic E-state index is 0.0576. The van der Waals surface area contributed by atoms with Crippen molar-refractivity contribution in [3.05, 3.63) is 11.1 Å². The monoisotopic (exact) mass is 212 g/mol. The molecule has 0 atom stereocenters. The van der Waals surface area contributed by atoms with E-state index in [1.54, 1.807) is 0 Å². The summed E-state index contributed by atoms with van der Waals surface area (Å²) in [6, 6.07) is 0. The van der Waals surface area contributed by atoms with Gasteiger partial charge >= 0.3 is 11.9 Å². The Kier molecular flexibility index (Phi) is 2.88. The lowest BCUT2D eigenvalue weighted by Gasteiger charge is -2.26. The van der Waals surface area contributed by atoms with E-state index in [9.17, 15) is 9.59 Å². The minimum Gasteiger partial charge on any atom is -0.478 e. The summed E-state index contributed by atoms with van der Waals surface area (Å²) in [5.41, 5.74) is 0.0857. The van der Waals surface area contributed by atoms with Crippen molar-refractivity contribution in [3.8, 4) is 0 Å². The highest BCUT2D eigenvalue weighted by Gasteiger charge is 2.37. The fraction of sp³-hybridized carbons (Fsp3) is 0.636. The quantitative estimate of drug-likeness (QED) is 0.733. The van der Waals surface area contributed by atoms with Crippen molar-refractivity contribution < 1.29 is 19.8 Å². The number of carbonyl (C=O) groups is 2. The van der Waals surface area contributed by atoms with Gasteiger partial charge in [-0.1, -0.05) is 20.8 Å². The summed E-state index contributed by atoms with van der Waals surface area (Å²) in [7, 11) is 0. The Labute approximate surface area is 88.6 Å². The van der Waals surface area contributed by atoms with Gasteiger partial charge in [0.05, 0.1) is 0 Å². The van der Waals surface area contributed by atoms with Crippen LogP contribution in [0.4, 0.5) is 0 Å². The van der Waals surface area contributed by atoms with E-state index >= 15 is 0 Å². The molecule has 0 aromatic rings. The highest BCUT2D eigenvalue weighted by Crippen LogP contribution is 2.42. The standard InChI is InChI=1S/C11H16O4/c1-11(2,3)6-4-7(9(12)13)8(5-6)10(14)15/h6H,4-5H2,1-3H3,(H,12,13)(H,14,15). The molecule has 1 rings (SSSR count). The van der Waals surface area contributed by atoms with E-state index in [0.29, 0.717) is 12.8 Å². The van der Waals surface area contributed by atoms with E-state index in [-0.39, 0.29) is 22.5 Å². The Morgan fingerprint density at radius 1 is 1.07 bits per heavy atom. The lowest BCUT2D eigenvalue weighted by atomic mass is 9.78. The summed E-state index contributed by atoms with van der Waals surface area (Å²) in [6.07, 6.45) is 0.723. The largest absolute Gasteiger partial charge is 0.478 e. The van der Waals surface area contributed by atoms with Crippen LogP contribution < -0.4 is 0 Å². The van der Waals surface area contributed by atoms with Crippen LogP contribution in [0.2, 0.25) is 0 Å². The second kappa shape index (κ2) is 3.68. The predicted octanol–water partition coefficient (Wildman–Crippen LogP) is 1.91. The second-order valence-electron chi connectivity index (χ2n) is 5.04. The van der Waals surface area contributed by atoms with Crippen molar-refractivity contribution in [2.45, 2.75) is 33.6 Å². The molecule has 0 heterocycles.